The van der Waals surface area contributed by atoms with Crippen LogP contribution in [0.3, 0.4) is 0 Å². The van der Waals surface area contributed by atoms with Crippen LogP contribution in [-0.4, -0.2) is 87.6 Å². The number of nitrogens with zero attached hydrogens (tertiary/aromatic N) is 2. The zero-order chi connectivity index (χ0) is 49.5. The van der Waals surface area contributed by atoms with Crippen molar-refractivity contribution in [2.75, 3.05) is 39.5 Å². The zero-order valence-corrected chi connectivity index (χ0v) is 41.9. The van der Waals surface area contributed by atoms with Crippen LogP contribution < -0.4 is 0 Å². The van der Waals surface area contributed by atoms with Crippen molar-refractivity contribution >= 4 is 78.4 Å². The van der Waals surface area contributed by atoms with Gasteiger partial charge in [0.15, 0.2) is 0 Å². The molecule has 6 aromatic carbocycles. The zero-order valence-electron chi connectivity index (χ0n) is 37.3. The number of hydrogen-bond acceptors (Lipinski definition) is 9. The lowest BCUT2D eigenvalue weighted by Gasteiger charge is -2.32. The number of benzene rings is 6. The Labute approximate surface area is 418 Å². The highest BCUT2D eigenvalue weighted by molar-refractivity contribution is 7.89. The predicted molar refractivity (Wildman–Crippen MR) is 265 cm³/mol. The summed E-state index contributed by atoms with van der Waals surface area (Å²) in [6.45, 7) is 4.16. The lowest BCUT2D eigenvalue weighted by Crippen LogP contribution is -2.38. The van der Waals surface area contributed by atoms with E-state index in [-0.39, 0.29) is 52.7 Å². The molecule has 0 heterocycles. The van der Waals surface area contributed by atoms with Crippen LogP contribution in [0.4, 0.5) is 0 Å². The van der Waals surface area contributed by atoms with Crippen molar-refractivity contribution in [1.82, 2.24) is 8.61 Å². The van der Waals surface area contributed by atoms with Crippen LogP contribution in [0, 0.1) is 0 Å². The molecule has 18 heteroatoms. The van der Waals surface area contributed by atoms with Gasteiger partial charge in [-0.2, -0.15) is 8.61 Å². The first-order chi connectivity index (χ1) is 32.3. The molecular weight excluding hydrogens is 994 g/mol. The van der Waals surface area contributed by atoms with Crippen LogP contribution in [0.15, 0.2) is 168 Å². The van der Waals surface area contributed by atoms with Gasteiger partial charge in [0.1, 0.15) is 28.6 Å². The second kappa shape index (κ2) is 25.1. The number of aliphatic carboxylic acids is 1. The van der Waals surface area contributed by atoms with Crippen LogP contribution in [0.2, 0.25) is 20.1 Å². The molecule has 6 aromatic rings. The molecule has 0 amide bonds. The average Bonchev–Trinajstić information content (AvgIpc) is 3.29. The normalized spacial score (nSPS) is 12.0. The maximum atomic E-state index is 14.0. The molecule has 0 atom stereocenters. The lowest BCUT2D eigenvalue weighted by molar-refractivity contribution is -0.160. The molecule has 0 fully saturated rings. The maximum Gasteiger partial charge on any atom is 0.332 e. The van der Waals surface area contributed by atoms with Gasteiger partial charge < -0.3 is 19.3 Å². The summed E-state index contributed by atoms with van der Waals surface area (Å²) in [5.41, 5.74) is 2.37. The molecule has 360 valence electrons. The van der Waals surface area contributed by atoms with Crippen molar-refractivity contribution in [2.45, 2.75) is 48.2 Å². The number of ether oxygens (including phenoxy) is 3. The van der Waals surface area contributed by atoms with Gasteiger partial charge in [-0.15, -0.1) is 0 Å². The molecule has 0 aromatic heterocycles. The van der Waals surface area contributed by atoms with Crippen LogP contribution >= 0.6 is 46.4 Å². The van der Waals surface area contributed by atoms with Crippen molar-refractivity contribution in [3.05, 3.63) is 200 Å². The first-order valence-corrected chi connectivity index (χ1v) is 25.4. The molecule has 6 rings (SSSR count). The minimum Gasteiger partial charge on any atom is -0.480 e. The van der Waals surface area contributed by atoms with Crippen molar-refractivity contribution in [3.8, 4) is 0 Å². The monoisotopic (exact) mass is 1040 g/mol. The van der Waals surface area contributed by atoms with E-state index < -0.39 is 56.3 Å². The third-order valence-corrected chi connectivity index (χ3v) is 14.9. The second-order valence-electron chi connectivity index (χ2n) is 15.9. The molecule has 0 aliphatic carbocycles. The lowest BCUT2D eigenvalue weighted by atomic mass is 9.99. The number of esters is 1. The fourth-order valence-electron chi connectivity index (χ4n) is 6.98. The van der Waals surface area contributed by atoms with Crippen LogP contribution in [0.5, 0.6) is 0 Å². The Morgan fingerprint density at radius 2 is 0.853 bits per heavy atom. The number of carboxylic acid groups (broad SMARTS) is 1. The fraction of sp³-hybridized carbons (Fsp3) is 0.240. The van der Waals surface area contributed by atoms with Gasteiger partial charge in [-0.25, -0.2) is 26.4 Å². The van der Waals surface area contributed by atoms with Crippen LogP contribution in [0.1, 0.15) is 55.1 Å². The number of rotatable bonds is 20. The summed E-state index contributed by atoms with van der Waals surface area (Å²) < 4.78 is 74.2. The Morgan fingerprint density at radius 1 is 0.529 bits per heavy atom. The molecule has 0 saturated heterocycles. The molecule has 0 radical (unpaired) electrons. The van der Waals surface area contributed by atoms with E-state index in [9.17, 15) is 26.4 Å². The highest BCUT2D eigenvalue weighted by Crippen LogP contribution is 2.38. The van der Waals surface area contributed by atoms with Gasteiger partial charge in [-0.05, 0) is 79.4 Å². The van der Waals surface area contributed by atoms with Gasteiger partial charge in [0.2, 0.25) is 20.0 Å². The Morgan fingerprint density at radius 3 is 1.15 bits per heavy atom. The molecule has 1 N–H and O–H groups in total. The van der Waals surface area contributed by atoms with Gasteiger partial charge in [0.05, 0.1) is 35.3 Å². The molecule has 12 nitrogen and oxygen atoms in total. The van der Waals surface area contributed by atoms with E-state index in [4.69, 9.17) is 65.7 Å². The smallest absolute Gasteiger partial charge is 0.332 e. The third-order valence-electron chi connectivity index (χ3n) is 9.78. The number of carbonyl (C=O) groups excluding carboxylic acids is 1. The molecule has 0 unspecified atom stereocenters. The van der Waals surface area contributed by atoms with Crippen molar-refractivity contribution in [1.29, 1.82) is 0 Å². The quantitative estimate of drug-likeness (QED) is 0.0577. The van der Waals surface area contributed by atoms with E-state index in [1.54, 1.807) is 20.8 Å². The number of halogens is 4. The molecule has 0 saturated carbocycles. The molecule has 0 aliphatic heterocycles. The van der Waals surface area contributed by atoms with Gasteiger partial charge in [-0.1, -0.05) is 168 Å². The standard InChI is InChI=1S/C27H29Cl2NO5S.C23H21Cl2NO5S/c1-27(2,3)35-25(31)19-34-17-16-30(36(32,33)24-15-14-22(28)18-23(24)29)26(20-10-6-4-7-11-20)21-12-8-5-9-13-21;24-19-11-12-21(20(25)15-19)32(29,30)26(13-14-31-16-22(27)28)23(17-7-3-1-4-8-17)18-9-5-2-6-10-18/h4-15,18,26H,16-17,19H2,1-3H3;1-12,15,23H,13-14,16H2,(H,27,28). The summed E-state index contributed by atoms with van der Waals surface area (Å²) in [5, 5.41) is 9.51. The molecule has 0 bridgehead atoms. The Balaban J connectivity index is 0.000000256. The van der Waals surface area contributed by atoms with E-state index in [0.717, 1.165) is 22.3 Å². The van der Waals surface area contributed by atoms with Crippen molar-refractivity contribution in [3.63, 3.8) is 0 Å². The SMILES string of the molecule is CC(C)(C)OC(=O)COCCN(C(c1ccccc1)c1ccccc1)S(=O)(=O)c1ccc(Cl)cc1Cl.O=C(O)COCCN(C(c1ccccc1)c1ccccc1)S(=O)(=O)c1ccc(Cl)cc1Cl. The summed E-state index contributed by atoms with van der Waals surface area (Å²) >= 11 is 24.6. The number of carboxylic acids is 1. The van der Waals surface area contributed by atoms with E-state index in [1.165, 1.54) is 45.0 Å². The summed E-state index contributed by atoms with van der Waals surface area (Å²) in [7, 11) is -8.26. The average molecular weight is 1040 g/mol. The summed E-state index contributed by atoms with van der Waals surface area (Å²) in [6.07, 6.45) is 0. The number of hydrogen-bond donors (Lipinski definition) is 1. The van der Waals surface area contributed by atoms with Crippen LogP contribution in [0.25, 0.3) is 0 Å². The minimum absolute atomic E-state index is 0.00572. The third kappa shape index (κ3) is 15.3. The highest BCUT2D eigenvalue weighted by atomic mass is 35.5. The molecule has 0 aliphatic rings. The Kier molecular flexibility index (Phi) is 20.0. The second-order valence-corrected chi connectivity index (χ2v) is 21.3. The Hall–Kier alpha value is -4.84. The van der Waals surface area contributed by atoms with Gasteiger partial charge >= 0.3 is 11.9 Å². The summed E-state index contributed by atoms with van der Waals surface area (Å²) in [5.74, 6) is -1.66. The topological polar surface area (TPSA) is 157 Å². The number of sulfonamides is 2. The molecule has 68 heavy (non-hydrogen) atoms. The number of carbonyl (C=O) groups is 2. The summed E-state index contributed by atoms with van der Waals surface area (Å²) in [4.78, 5) is 22.7. The summed E-state index contributed by atoms with van der Waals surface area (Å²) in [6, 6.07) is 44.0. The minimum atomic E-state index is -4.13. The Bertz CT molecular complexity index is 2730. The molecular formula is C50H50Cl4N2O10S2. The predicted octanol–water partition coefficient (Wildman–Crippen LogP) is 11.0. The van der Waals surface area contributed by atoms with E-state index in [0.29, 0.717) is 10.0 Å². The van der Waals surface area contributed by atoms with Gasteiger partial charge in [-0.3, -0.25) is 0 Å². The van der Waals surface area contributed by atoms with Crippen LogP contribution in [-0.2, 0) is 43.8 Å². The van der Waals surface area contributed by atoms with Gasteiger partial charge in [0.25, 0.3) is 0 Å². The fourth-order valence-corrected chi connectivity index (χ4v) is 11.7. The first kappa shape index (κ1) is 54.1. The first-order valence-electron chi connectivity index (χ1n) is 21.0. The highest BCUT2D eigenvalue weighted by Gasteiger charge is 2.36. The maximum absolute atomic E-state index is 14.0. The van der Waals surface area contributed by atoms with E-state index >= 15 is 0 Å². The van der Waals surface area contributed by atoms with E-state index in [1.807, 2.05) is 121 Å². The molecule has 0 spiro atoms. The largest absolute Gasteiger partial charge is 0.480 e. The van der Waals surface area contributed by atoms with Gasteiger partial charge in [0, 0.05) is 23.1 Å². The van der Waals surface area contributed by atoms with Crippen molar-refractivity contribution < 1.29 is 45.7 Å². The van der Waals surface area contributed by atoms with E-state index in [2.05, 4.69) is 0 Å². The van der Waals surface area contributed by atoms with Crippen molar-refractivity contribution in [2.24, 2.45) is 0 Å².